The van der Waals surface area contributed by atoms with Gasteiger partial charge in [0.2, 0.25) is 5.79 Å². The average Bonchev–Trinajstić information content (AvgIpc) is 3.20. The Labute approximate surface area is 345 Å². The monoisotopic (exact) mass is 817 g/mol. The molecule has 4 aliphatic rings. The van der Waals surface area contributed by atoms with E-state index in [0.29, 0.717) is 63.4 Å². The molecule has 0 aromatic carbocycles. The fourth-order valence-electron chi connectivity index (χ4n) is 9.55. The summed E-state index contributed by atoms with van der Waals surface area (Å²) in [7, 11) is 4.63. The second kappa shape index (κ2) is 21.7. The topological polar surface area (TPSA) is 178 Å². The van der Waals surface area contributed by atoms with Crippen LogP contribution in [0.2, 0.25) is 0 Å². The first-order chi connectivity index (χ1) is 27.5. The lowest BCUT2D eigenvalue weighted by molar-refractivity contribution is -0.302. The van der Waals surface area contributed by atoms with Crippen molar-refractivity contribution < 1.29 is 58.2 Å². The lowest BCUT2D eigenvalue weighted by atomic mass is 9.81. The zero-order valence-corrected chi connectivity index (χ0v) is 36.1. The van der Waals surface area contributed by atoms with Crippen LogP contribution >= 0.6 is 0 Å². The lowest BCUT2D eigenvalue weighted by Gasteiger charge is -2.46. The summed E-state index contributed by atoms with van der Waals surface area (Å²) in [5.74, 6) is -7.53. The first-order valence-electron chi connectivity index (χ1n) is 21.4. The van der Waals surface area contributed by atoms with Gasteiger partial charge in [0.1, 0.15) is 24.0 Å². The van der Waals surface area contributed by atoms with E-state index in [1.165, 1.54) is 19.1 Å². The Balaban J connectivity index is 1.76. The third-order valence-electron chi connectivity index (χ3n) is 13.2. The van der Waals surface area contributed by atoms with Crippen LogP contribution in [-0.2, 0) is 42.9 Å². The third-order valence-corrected chi connectivity index (χ3v) is 13.2. The number of esters is 1. The summed E-state index contributed by atoms with van der Waals surface area (Å²) < 4.78 is 29.8. The Bertz CT molecular complexity index is 1500. The number of Topliss-reactive ketones (excluding diaryl/α,β-unsaturated/α-hetero) is 2. The number of aliphatic hydroxyl groups excluding tert-OH is 2. The number of rotatable bonds is 7. The number of fused-ring (bicyclic) bond motifs is 3. The molecule has 58 heavy (non-hydrogen) atoms. The van der Waals surface area contributed by atoms with E-state index < -0.39 is 83.9 Å². The molecular formula is C45H71NO12. The summed E-state index contributed by atoms with van der Waals surface area (Å²) in [5.41, 5.74) is 1.66. The molecule has 1 amide bonds. The van der Waals surface area contributed by atoms with Gasteiger partial charge in [-0.15, -0.1) is 6.58 Å². The molecule has 3 aliphatic heterocycles. The van der Waals surface area contributed by atoms with Gasteiger partial charge in [-0.05, 0) is 102 Å². The van der Waals surface area contributed by atoms with E-state index in [1.807, 2.05) is 26.0 Å². The summed E-state index contributed by atoms with van der Waals surface area (Å²) in [6.07, 6.45) is 5.94. The number of nitrogens with zero attached hydrogens (tertiary/aromatic N) is 1. The van der Waals surface area contributed by atoms with Gasteiger partial charge in [0.05, 0.1) is 30.5 Å². The Kier molecular flexibility index (Phi) is 17.9. The minimum absolute atomic E-state index is 0.0114. The molecular weight excluding hydrogens is 746 g/mol. The number of ketones is 2. The molecule has 328 valence electrons. The fraction of sp³-hybridized carbons (Fsp3) is 0.778. The maximum Gasteiger partial charge on any atom is 0.329 e. The van der Waals surface area contributed by atoms with Gasteiger partial charge < -0.3 is 43.9 Å². The molecule has 2 saturated heterocycles. The van der Waals surface area contributed by atoms with Crippen LogP contribution in [0.5, 0.6) is 0 Å². The number of allylic oxidation sites excluding steroid dienone is 4. The summed E-state index contributed by atoms with van der Waals surface area (Å²) in [5, 5.41) is 34.2. The molecule has 14 unspecified atom stereocenters. The molecule has 13 nitrogen and oxygen atoms in total. The number of cyclic esters (lactones) is 1. The number of hydrogen-bond acceptors (Lipinski definition) is 12. The van der Waals surface area contributed by atoms with Crippen LogP contribution < -0.4 is 0 Å². The highest BCUT2D eigenvalue weighted by Crippen LogP contribution is 2.39. The Morgan fingerprint density at radius 3 is 2.26 bits per heavy atom. The van der Waals surface area contributed by atoms with Crippen LogP contribution in [0.4, 0.5) is 0 Å². The molecule has 1 aliphatic carbocycles. The minimum Gasteiger partial charge on any atom is -0.456 e. The third kappa shape index (κ3) is 11.5. The van der Waals surface area contributed by atoms with Gasteiger partial charge in [-0.2, -0.15) is 0 Å². The van der Waals surface area contributed by atoms with Crippen molar-refractivity contribution in [1.82, 2.24) is 4.90 Å². The lowest BCUT2D eigenvalue weighted by Crippen LogP contribution is -2.64. The highest BCUT2D eigenvalue weighted by molar-refractivity contribution is 6.39. The van der Waals surface area contributed by atoms with Crippen molar-refractivity contribution in [3.63, 3.8) is 0 Å². The Morgan fingerprint density at radius 1 is 0.914 bits per heavy atom. The van der Waals surface area contributed by atoms with Gasteiger partial charge in [0.25, 0.3) is 11.7 Å². The number of piperidine rings is 1. The van der Waals surface area contributed by atoms with Crippen molar-refractivity contribution in [3.8, 4) is 0 Å². The molecule has 4 rings (SSSR count). The summed E-state index contributed by atoms with van der Waals surface area (Å²) in [4.78, 5) is 57.9. The molecule has 1 saturated carbocycles. The quantitative estimate of drug-likeness (QED) is 0.178. The Morgan fingerprint density at radius 2 is 1.60 bits per heavy atom. The number of carbonyl (C=O) groups excluding carboxylic acids is 4. The fourth-order valence-corrected chi connectivity index (χ4v) is 9.55. The minimum atomic E-state index is -2.50. The second-order valence-electron chi connectivity index (χ2n) is 17.6. The molecule has 2 bridgehead atoms. The molecule has 14 atom stereocenters. The SMILES string of the molecule is C=CCC1/C=C(/C)CC(C)CCC(OC)C2OC(O)(C(=O)C(=O)N3CCCCC3C(=O)OC(/C(C)=C/C3CCC(O)C(OC)C3)C(C)C(O)CC1=O)C(C)CC2OC. The molecule has 13 heteroatoms. The maximum atomic E-state index is 14.3. The molecule has 0 radical (unpaired) electrons. The molecule has 0 spiro atoms. The van der Waals surface area contributed by atoms with E-state index in [4.69, 9.17) is 23.7 Å². The molecule has 3 heterocycles. The van der Waals surface area contributed by atoms with E-state index in [-0.39, 0.29) is 49.5 Å². The van der Waals surface area contributed by atoms with Gasteiger partial charge in [-0.3, -0.25) is 14.4 Å². The van der Waals surface area contributed by atoms with E-state index in [1.54, 1.807) is 27.0 Å². The smallest absolute Gasteiger partial charge is 0.329 e. The van der Waals surface area contributed by atoms with Crippen molar-refractivity contribution in [2.45, 2.75) is 166 Å². The van der Waals surface area contributed by atoms with E-state index >= 15 is 0 Å². The second-order valence-corrected chi connectivity index (χ2v) is 17.6. The molecule has 3 N–H and O–H groups in total. The van der Waals surface area contributed by atoms with Crippen LogP contribution in [0, 0.1) is 29.6 Å². The van der Waals surface area contributed by atoms with Gasteiger partial charge >= 0.3 is 5.97 Å². The molecule has 0 aromatic heterocycles. The predicted molar refractivity (Wildman–Crippen MR) is 217 cm³/mol. The van der Waals surface area contributed by atoms with E-state index in [9.17, 15) is 34.5 Å². The van der Waals surface area contributed by atoms with Crippen molar-refractivity contribution in [1.29, 1.82) is 0 Å². The zero-order valence-electron chi connectivity index (χ0n) is 36.1. The van der Waals surface area contributed by atoms with Crippen LogP contribution in [0.1, 0.15) is 112 Å². The highest BCUT2D eigenvalue weighted by Gasteiger charge is 2.56. The van der Waals surface area contributed by atoms with Gasteiger partial charge in [-0.1, -0.05) is 44.6 Å². The number of hydrogen-bond donors (Lipinski definition) is 3. The maximum absolute atomic E-state index is 14.3. The normalized spacial score (nSPS) is 40.7. The first-order valence-corrected chi connectivity index (χ1v) is 21.4. The number of amides is 1. The van der Waals surface area contributed by atoms with Crippen LogP contribution in [-0.4, -0.2) is 126 Å². The highest BCUT2D eigenvalue weighted by atomic mass is 16.7. The number of carbonyl (C=O) groups is 4. The van der Waals surface area contributed by atoms with Gasteiger partial charge in [0, 0.05) is 52.0 Å². The van der Waals surface area contributed by atoms with E-state index in [0.717, 1.165) is 5.57 Å². The molecule has 3 fully saturated rings. The summed E-state index contributed by atoms with van der Waals surface area (Å²) in [6, 6.07) is -1.14. The zero-order chi connectivity index (χ0) is 42.9. The van der Waals surface area contributed by atoms with Crippen LogP contribution in [0.15, 0.2) is 36.0 Å². The van der Waals surface area contributed by atoms with Crippen molar-refractivity contribution in [2.24, 2.45) is 29.6 Å². The Hall–Kier alpha value is -2.78. The standard InChI is InChI=1S/C45H71NO12/c1-10-13-32-21-27(3)20-26(2)15-18-37(54-7)41-39(56-9)23-29(5)45(53,58-41)42(50)43(51)46-19-12-11-14-33(46)44(52)57-40(30(6)35(48)25-36(32)49)28(4)22-31-16-17-34(47)38(24-31)55-8/h10,21-22,26,29-35,37-41,47-48,53H,1,11-20,23-25H2,2-9H3/b27-21-,28-22+. The average molecular weight is 818 g/mol. The van der Waals surface area contributed by atoms with Crippen LogP contribution in [0.25, 0.3) is 0 Å². The predicted octanol–water partition coefficient (Wildman–Crippen LogP) is 5.03. The number of ether oxygens (including phenoxy) is 5. The first kappa shape index (κ1) is 47.9. The van der Waals surface area contributed by atoms with Crippen LogP contribution in [0.3, 0.4) is 0 Å². The summed E-state index contributed by atoms with van der Waals surface area (Å²) in [6.45, 7) is 13.2. The number of methoxy groups -OCH3 is 3. The van der Waals surface area contributed by atoms with Gasteiger partial charge in [-0.25, -0.2) is 4.79 Å². The molecule has 0 aromatic rings. The van der Waals surface area contributed by atoms with Crippen molar-refractivity contribution in [2.75, 3.05) is 27.9 Å². The summed E-state index contributed by atoms with van der Waals surface area (Å²) >= 11 is 0. The van der Waals surface area contributed by atoms with Crippen molar-refractivity contribution in [3.05, 3.63) is 36.0 Å². The van der Waals surface area contributed by atoms with Crippen molar-refractivity contribution >= 4 is 23.4 Å². The number of aliphatic hydroxyl groups is 3. The largest absolute Gasteiger partial charge is 0.456 e. The van der Waals surface area contributed by atoms with E-state index in [2.05, 4.69) is 13.5 Å². The van der Waals surface area contributed by atoms with Gasteiger partial charge in [0.15, 0.2) is 0 Å².